The molecule has 6 nitrogen and oxygen atoms in total. The third kappa shape index (κ3) is 3.27. The number of phenols is 1. The number of phenolic OH excluding ortho intramolecular Hbond substituents is 1. The highest BCUT2D eigenvalue weighted by molar-refractivity contribution is 5.94. The van der Waals surface area contributed by atoms with Crippen LogP contribution >= 0.6 is 0 Å². The van der Waals surface area contributed by atoms with Gasteiger partial charge in [0.2, 0.25) is 0 Å². The van der Waals surface area contributed by atoms with Gasteiger partial charge >= 0.3 is 0 Å². The van der Waals surface area contributed by atoms with Crippen LogP contribution in [0.5, 0.6) is 5.75 Å². The molecule has 6 heteroatoms. The molecule has 2 heterocycles. The molecule has 2 fully saturated rings. The molecule has 120 valence electrons. The monoisotopic (exact) mass is 312 g/mol. The fourth-order valence-electron chi connectivity index (χ4n) is 3.08. The van der Waals surface area contributed by atoms with Gasteiger partial charge < -0.3 is 5.11 Å². The number of hydrogen-bond acceptors (Lipinski definition) is 5. The summed E-state index contributed by atoms with van der Waals surface area (Å²) in [4.78, 5) is 14.6. The maximum atomic E-state index is 12.2. The van der Waals surface area contributed by atoms with Crippen LogP contribution < -0.4 is 0 Å². The fourth-order valence-corrected chi connectivity index (χ4v) is 3.08. The van der Waals surface area contributed by atoms with Gasteiger partial charge in [0.05, 0.1) is 12.2 Å². The van der Waals surface area contributed by atoms with Gasteiger partial charge in [-0.15, -0.1) is 5.10 Å². The first-order valence-corrected chi connectivity index (χ1v) is 8.12. The number of aromatic hydroxyl groups is 1. The SMILES string of the molecule is O=C(CC1CN(Cc2ccc(O)cc2)C1)c1cn(C2CC2)nn1. The van der Waals surface area contributed by atoms with E-state index in [9.17, 15) is 9.90 Å². The standard InChI is InChI=1S/C17H20N4O2/c22-15-5-1-12(2-6-15)8-20-9-13(10-20)7-17(23)16-11-21(19-18-16)14-3-4-14/h1-2,5-6,11,13-14,22H,3-4,7-10H2. The van der Waals surface area contributed by atoms with Gasteiger partial charge in [0, 0.05) is 26.1 Å². The minimum atomic E-state index is 0.103. The van der Waals surface area contributed by atoms with E-state index in [-0.39, 0.29) is 5.78 Å². The molecule has 0 atom stereocenters. The highest BCUT2D eigenvalue weighted by Gasteiger charge is 2.30. The molecule has 2 aromatic rings. The number of carbonyl (C=O) groups excluding carboxylic acids is 1. The second-order valence-electron chi connectivity index (χ2n) is 6.67. The first-order valence-electron chi connectivity index (χ1n) is 8.12. The van der Waals surface area contributed by atoms with Crippen molar-refractivity contribution in [1.29, 1.82) is 0 Å². The molecule has 1 aromatic carbocycles. The molecule has 0 radical (unpaired) electrons. The van der Waals surface area contributed by atoms with E-state index in [4.69, 9.17) is 0 Å². The predicted octanol–water partition coefficient (Wildman–Crippen LogP) is 2.02. The molecular formula is C17H20N4O2. The van der Waals surface area contributed by atoms with E-state index in [2.05, 4.69) is 15.2 Å². The Labute approximate surface area is 134 Å². The lowest BCUT2D eigenvalue weighted by atomic mass is 9.93. The molecule has 0 amide bonds. The number of rotatable bonds is 6. The largest absolute Gasteiger partial charge is 0.508 e. The Kier molecular flexibility index (Phi) is 3.61. The lowest BCUT2D eigenvalue weighted by Gasteiger charge is -2.39. The summed E-state index contributed by atoms with van der Waals surface area (Å²) in [5, 5.41) is 17.3. The molecule has 1 saturated heterocycles. The fraction of sp³-hybridized carbons (Fsp3) is 0.471. The molecule has 1 aromatic heterocycles. The van der Waals surface area contributed by atoms with Crippen LogP contribution in [0.2, 0.25) is 0 Å². The Bertz CT molecular complexity index is 700. The highest BCUT2D eigenvalue weighted by Crippen LogP contribution is 2.33. The average Bonchev–Trinajstić information content (AvgIpc) is 3.24. The summed E-state index contributed by atoms with van der Waals surface area (Å²) in [6.45, 7) is 2.73. The van der Waals surface area contributed by atoms with E-state index < -0.39 is 0 Å². The van der Waals surface area contributed by atoms with Crippen LogP contribution in [0.4, 0.5) is 0 Å². The van der Waals surface area contributed by atoms with Crippen molar-refractivity contribution >= 4 is 5.78 Å². The van der Waals surface area contributed by atoms with Crippen molar-refractivity contribution in [1.82, 2.24) is 19.9 Å². The zero-order valence-electron chi connectivity index (χ0n) is 12.9. The number of carbonyl (C=O) groups is 1. The lowest BCUT2D eigenvalue weighted by molar-refractivity contribution is 0.0702. The molecule has 1 aliphatic carbocycles. The van der Waals surface area contributed by atoms with Crippen LogP contribution in [0.3, 0.4) is 0 Å². The molecule has 1 N–H and O–H groups in total. The quantitative estimate of drug-likeness (QED) is 0.826. The normalized spacial score (nSPS) is 18.8. The molecule has 0 unspecified atom stereocenters. The highest BCUT2D eigenvalue weighted by atomic mass is 16.3. The predicted molar refractivity (Wildman–Crippen MR) is 84.1 cm³/mol. The van der Waals surface area contributed by atoms with Crippen LogP contribution in [-0.4, -0.2) is 43.9 Å². The smallest absolute Gasteiger partial charge is 0.185 e. The van der Waals surface area contributed by atoms with Crippen molar-refractivity contribution in [3.8, 4) is 5.75 Å². The summed E-state index contributed by atoms with van der Waals surface area (Å²) in [5.74, 6) is 0.803. The summed E-state index contributed by atoms with van der Waals surface area (Å²) in [7, 11) is 0. The van der Waals surface area contributed by atoms with Gasteiger partial charge in [-0.1, -0.05) is 17.3 Å². The summed E-state index contributed by atoms with van der Waals surface area (Å²) in [6, 6.07) is 7.75. The molecule has 1 aliphatic heterocycles. The zero-order chi connectivity index (χ0) is 15.8. The van der Waals surface area contributed by atoms with Crippen LogP contribution in [0.25, 0.3) is 0 Å². The zero-order valence-corrected chi connectivity index (χ0v) is 12.9. The van der Waals surface area contributed by atoms with E-state index in [1.807, 2.05) is 16.8 Å². The lowest BCUT2D eigenvalue weighted by Crippen LogP contribution is -2.46. The van der Waals surface area contributed by atoms with Crippen molar-refractivity contribution in [3.63, 3.8) is 0 Å². The average molecular weight is 312 g/mol. The van der Waals surface area contributed by atoms with Crippen molar-refractivity contribution in [2.75, 3.05) is 13.1 Å². The minimum Gasteiger partial charge on any atom is -0.508 e. The molecule has 4 rings (SSSR count). The Balaban J connectivity index is 1.25. The third-order valence-electron chi connectivity index (χ3n) is 4.57. The molecule has 2 aliphatic rings. The first-order chi connectivity index (χ1) is 11.2. The summed E-state index contributed by atoms with van der Waals surface area (Å²) >= 11 is 0. The van der Waals surface area contributed by atoms with Gasteiger partial charge in [-0.3, -0.25) is 9.69 Å². The van der Waals surface area contributed by atoms with Crippen LogP contribution in [0, 0.1) is 5.92 Å². The van der Waals surface area contributed by atoms with Gasteiger partial charge in [0.1, 0.15) is 11.4 Å². The number of benzene rings is 1. The van der Waals surface area contributed by atoms with Crippen LogP contribution in [0.15, 0.2) is 30.5 Å². The maximum absolute atomic E-state index is 12.2. The Morgan fingerprint density at radius 1 is 1.22 bits per heavy atom. The van der Waals surface area contributed by atoms with E-state index in [0.717, 1.165) is 32.5 Å². The van der Waals surface area contributed by atoms with Gasteiger partial charge in [-0.2, -0.15) is 0 Å². The summed E-state index contributed by atoms with van der Waals surface area (Å²) < 4.78 is 1.82. The van der Waals surface area contributed by atoms with Crippen molar-refractivity contribution in [2.24, 2.45) is 5.92 Å². The van der Waals surface area contributed by atoms with E-state index in [1.165, 1.54) is 5.56 Å². The van der Waals surface area contributed by atoms with Crippen molar-refractivity contribution in [3.05, 3.63) is 41.7 Å². The minimum absolute atomic E-state index is 0.103. The summed E-state index contributed by atoms with van der Waals surface area (Å²) in [5.41, 5.74) is 1.69. The second kappa shape index (κ2) is 5.77. The number of ketones is 1. The molecule has 1 saturated carbocycles. The number of aromatic nitrogens is 3. The van der Waals surface area contributed by atoms with Gasteiger partial charge in [0.15, 0.2) is 5.78 Å². The van der Waals surface area contributed by atoms with E-state index in [1.54, 1.807) is 18.3 Å². The number of nitrogens with zero attached hydrogens (tertiary/aromatic N) is 4. The van der Waals surface area contributed by atoms with Crippen molar-refractivity contribution < 1.29 is 9.90 Å². The molecular weight excluding hydrogens is 292 g/mol. The van der Waals surface area contributed by atoms with Gasteiger partial charge in [-0.25, -0.2) is 4.68 Å². The second-order valence-corrected chi connectivity index (χ2v) is 6.67. The molecule has 0 bridgehead atoms. The molecule has 23 heavy (non-hydrogen) atoms. The van der Waals surface area contributed by atoms with Crippen molar-refractivity contribution in [2.45, 2.75) is 31.8 Å². The van der Waals surface area contributed by atoms with Crippen LogP contribution in [0.1, 0.15) is 41.4 Å². The van der Waals surface area contributed by atoms with Gasteiger partial charge in [0.25, 0.3) is 0 Å². The number of Topliss-reactive ketones (excluding diaryl/α,β-unsaturated/α-hetero) is 1. The van der Waals surface area contributed by atoms with Gasteiger partial charge in [-0.05, 0) is 36.5 Å². The Morgan fingerprint density at radius 3 is 2.65 bits per heavy atom. The number of hydrogen-bond donors (Lipinski definition) is 1. The third-order valence-corrected chi connectivity index (χ3v) is 4.57. The van der Waals surface area contributed by atoms with E-state index >= 15 is 0 Å². The van der Waals surface area contributed by atoms with Crippen LogP contribution in [-0.2, 0) is 6.54 Å². The van der Waals surface area contributed by atoms with E-state index in [0.29, 0.717) is 29.8 Å². The topological polar surface area (TPSA) is 71.2 Å². The Morgan fingerprint density at radius 2 is 1.96 bits per heavy atom. The summed E-state index contributed by atoms with van der Waals surface area (Å²) in [6.07, 6.45) is 4.64. The number of likely N-dealkylation sites (tertiary alicyclic amines) is 1. The molecule has 0 spiro atoms. The first kappa shape index (κ1) is 14.4. The Hall–Kier alpha value is -2.21. The maximum Gasteiger partial charge on any atom is 0.185 e.